The Morgan fingerprint density at radius 1 is 0.629 bits per heavy atom. The number of amides is 3. The summed E-state index contributed by atoms with van der Waals surface area (Å²) in [5, 5.41) is 2.94. The van der Waals surface area contributed by atoms with Crippen LogP contribution in [-0.2, 0) is 14.4 Å². The fourth-order valence-electron chi connectivity index (χ4n) is 4.42. The highest BCUT2D eigenvalue weighted by atomic mass is 16.2. The second kappa shape index (κ2) is 24.1. The lowest BCUT2D eigenvalue weighted by molar-refractivity contribution is -0.137. The average Bonchev–Trinajstić information content (AvgIpc) is 2.84. The zero-order valence-electron chi connectivity index (χ0n) is 23.4. The number of carbonyl (C=O) groups excluding carboxylic acids is 3. The topological polar surface area (TPSA) is 92.5 Å². The minimum atomic E-state index is -0.661. The summed E-state index contributed by atoms with van der Waals surface area (Å²) in [6, 6.07) is -0.661. The van der Waals surface area contributed by atoms with Crippen molar-refractivity contribution < 1.29 is 14.4 Å². The van der Waals surface area contributed by atoms with Gasteiger partial charge in [-0.25, -0.2) is 0 Å². The average molecular weight is 496 g/mol. The Bertz CT molecular complexity index is 527. The van der Waals surface area contributed by atoms with Crippen LogP contribution >= 0.6 is 0 Å². The zero-order chi connectivity index (χ0) is 26.2. The van der Waals surface area contributed by atoms with Crippen molar-refractivity contribution >= 4 is 17.7 Å². The van der Waals surface area contributed by atoms with Gasteiger partial charge in [0.2, 0.25) is 17.7 Å². The number of nitrogens with two attached hydrogens (primary N) is 1. The Morgan fingerprint density at radius 3 is 1.51 bits per heavy atom. The largest absolute Gasteiger partial charge is 0.370 e. The highest BCUT2D eigenvalue weighted by Crippen LogP contribution is 2.12. The summed E-state index contributed by atoms with van der Waals surface area (Å²) in [4.78, 5) is 39.4. The third kappa shape index (κ3) is 20.3. The third-order valence-electron chi connectivity index (χ3n) is 6.69. The van der Waals surface area contributed by atoms with Crippen LogP contribution < -0.4 is 11.1 Å². The van der Waals surface area contributed by atoms with E-state index < -0.39 is 11.9 Å². The molecule has 0 aliphatic carbocycles. The van der Waals surface area contributed by atoms with Gasteiger partial charge in [0.1, 0.15) is 6.04 Å². The molecule has 0 aliphatic rings. The van der Waals surface area contributed by atoms with E-state index >= 15 is 0 Å². The van der Waals surface area contributed by atoms with Gasteiger partial charge in [0.15, 0.2) is 0 Å². The second-order valence-corrected chi connectivity index (χ2v) is 10.2. The number of primary amides is 1. The van der Waals surface area contributed by atoms with Gasteiger partial charge in [0.25, 0.3) is 0 Å². The SMILES string of the molecule is CCCCCCCCCCCC(=O)N[C@@H](CCC(N)=O)C(=O)N(CCCCCC)CCCCCC. The molecule has 0 saturated heterocycles. The molecule has 0 rings (SSSR count). The Morgan fingerprint density at radius 2 is 1.06 bits per heavy atom. The van der Waals surface area contributed by atoms with Gasteiger partial charge >= 0.3 is 0 Å². The molecule has 0 heterocycles. The van der Waals surface area contributed by atoms with Crippen molar-refractivity contribution in [1.29, 1.82) is 0 Å². The van der Waals surface area contributed by atoms with E-state index in [2.05, 4.69) is 26.1 Å². The van der Waals surface area contributed by atoms with E-state index in [0.29, 0.717) is 19.5 Å². The van der Waals surface area contributed by atoms with E-state index in [-0.39, 0.29) is 24.7 Å². The van der Waals surface area contributed by atoms with Gasteiger partial charge in [-0.15, -0.1) is 0 Å². The number of unbranched alkanes of at least 4 members (excludes halogenated alkanes) is 14. The quantitative estimate of drug-likeness (QED) is 0.139. The first-order valence-electron chi connectivity index (χ1n) is 14.8. The Kier molecular flexibility index (Phi) is 23.0. The van der Waals surface area contributed by atoms with E-state index in [4.69, 9.17) is 5.73 Å². The summed E-state index contributed by atoms with van der Waals surface area (Å²) < 4.78 is 0. The van der Waals surface area contributed by atoms with Gasteiger partial charge in [0.05, 0.1) is 0 Å². The van der Waals surface area contributed by atoms with E-state index in [1.807, 2.05) is 4.90 Å². The molecule has 0 unspecified atom stereocenters. The van der Waals surface area contributed by atoms with Crippen LogP contribution in [0.5, 0.6) is 0 Å². The fourth-order valence-corrected chi connectivity index (χ4v) is 4.42. The first-order chi connectivity index (χ1) is 17.0. The van der Waals surface area contributed by atoms with Crippen LogP contribution in [-0.4, -0.2) is 41.8 Å². The molecule has 0 bridgehead atoms. The van der Waals surface area contributed by atoms with E-state index in [9.17, 15) is 14.4 Å². The first-order valence-corrected chi connectivity index (χ1v) is 14.8. The van der Waals surface area contributed by atoms with Crippen LogP contribution in [0.25, 0.3) is 0 Å². The number of hydrogen-bond acceptors (Lipinski definition) is 3. The Balaban J connectivity index is 4.70. The molecule has 206 valence electrons. The normalized spacial score (nSPS) is 11.9. The summed E-state index contributed by atoms with van der Waals surface area (Å²) in [6.45, 7) is 8.02. The van der Waals surface area contributed by atoms with Crippen molar-refractivity contribution in [2.45, 2.75) is 155 Å². The van der Waals surface area contributed by atoms with Crippen molar-refractivity contribution in [1.82, 2.24) is 10.2 Å². The predicted octanol–water partition coefficient (Wildman–Crippen LogP) is 6.65. The monoisotopic (exact) mass is 495 g/mol. The van der Waals surface area contributed by atoms with Crippen LogP contribution in [0.3, 0.4) is 0 Å². The van der Waals surface area contributed by atoms with E-state index in [1.54, 1.807) is 0 Å². The summed E-state index contributed by atoms with van der Waals surface area (Å²) in [5.41, 5.74) is 5.36. The van der Waals surface area contributed by atoms with Crippen molar-refractivity contribution in [2.24, 2.45) is 5.73 Å². The number of carbonyl (C=O) groups is 3. The fraction of sp³-hybridized carbons (Fsp3) is 0.897. The Hall–Kier alpha value is -1.59. The lowest BCUT2D eigenvalue weighted by Crippen LogP contribution is -2.49. The molecular formula is C29H57N3O3. The second-order valence-electron chi connectivity index (χ2n) is 10.2. The molecule has 0 aromatic rings. The molecule has 35 heavy (non-hydrogen) atoms. The predicted molar refractivity (Wildman–Crippen MR) is 147 cm³/mol. The van der Waals surface area contributed by atoms with Crippen LogP contribution in [0.15, 0.2) is 0 Å². The maximum Gasteiger partial charge on any atom is 0.245 e. The molecule has 1 atom stereocenters. The maximum absolute atomic E-state index is 13.4. The standard InChI is InChI=1S/C29H57N3O3/c1-4-7-10-13-14-15-16-17-18-21-28(34)31-26(22-23-27(30)33)29(35)32(24-19-11-8-5-2)25-20-12-9-6-3/h26H,4-25H2,1-3H3,(H2,30,33)(H,31,34)/t26-/m0/s1. The van der Waals surface area contributed by atoms with Crippen LogP contribution in [0.2, 0.25) is 0 Å². The molecule has 6 heteroatoms. The maximum atomic E-state index is 13.4. The first kappa shape index (κ1) is 33.4. The molecule has 6 nitrogen and oxygen atoms in total. The molecule has 0 fully saturated rings. The highest BCUT2D eigenvalue weighted by molar-refractivity contribution is 5.88. The molecule has 0 radical (unpaired) electrons. The minimum Gasteiger partial charge on any atom is -0.370 e. The zero-order valence-corrected chi connectivity index (χ0v) is 23.4. The number of rotatable bonds is 25. The van der Waals surface area contributed by atoms with Gasteiger partial charge in [-0.1, -0.05) is 111 Å². The highest BCUT2D eigenvalue weighted by Gasteiger charge is 2.26. The van der Waals surface area contributed by atoms with Crippen molar-refractivity contribution in [3.63, 3.8) is 0 Å². The smallest absolute Gasteiger partial charge is 0.245 e. The summed E-state index contributed by atoms with van der Waals surface area (Å²) >= 11 is 0. The molecule has 0 spiro atoms. The number of nitrogens with one attached hydrogen (secondary N) is 1. The summed E-state index contributed by atoms with van der Waals surface area (Å²) in [7, 11) is 0. The summed E-state index contributed by atoms with van der Waals surface area (Å²) in [5.74, 6) is -0.583. The number of hydrogen-bond donors (Lipinski definition) is 2. The van der Waals surface area contributed by atoms with Gasteiger partial charge in [-0.3, -0.25) is 14.4 Å². The van der Waals surface area contributed by atoms with Crippen molar-refractivity contribution in [3.05, 3.63) is 0 Å². The lowest BCUT2D eigenvalue weighted by atomic mass is 10.1. The molecule has 3 amide bonds. The van der Waals surface area contributed by atoms with E-state index in [0.717, 1.165) is 57.8 Å². The molecule has 0 aromatic heterocycles. The molecule has 0 saturated carbocycles. The summed E-state index contributed by atoms with van der Waals surface area (Å²) in [6.07, 6.45) is 20.4. The van der Waals surface area contributed by atoms with Crippen LogP contribution in [0.1, 0.15) is 149 Å². The van der Waals surface area contributed by atoms with E-state index in [1.165, 1.54) is 51.4 Å². The van der Waals surface area contributed by atoms with Crippen LogP contribution in [0.4, 0.5) is 0 Å². The minimum absolute atomic E-state index is 0.0559. The van der Waals surface area contributed by atoms with Crippen molar-refractivity contribution in [3.8, 4) is 0 Å². The van der Waals surface area contributed by atoms with Crippen LogP contribution in [0, 0.1) is 0 Å². The third-order valence-corrected chi connectivity index (χ3v) is 6.69. The molecule has 0 aromatic carbocycles. The molecule has 0 aliphatic heterocycles. The molecular weight excluding hydrogens is 438 g/mol. The number of nitrogens with zero attached hydrogens (tertiary/aromatic N) is 1. The van der Waals surface area contributed by atoms with Gasteiger partial charge in [0, 0.05) is 25.9 Å². The lowest BCUT2D eigenvalue weighted by Gasteiger charge is -2.28. The van der Waals surface area contributed by atoms with Gasteiger partial charge in [-0.05, 0) is 25.7 Å². The van der Waals surface area contributed by atoms with Gasteiger partial charge in [-0.2, -0.15) is 0 Å². The van der Waals surface area contributed by atoms with Gasteiger partial charge < -0.3 is 16.0 Å². The molecule has 3 N–H and O–H groups in total. The Labute approximate surface area is 216 Å². The van der Waals surface area contributed by atoms with Crippen molar-refractivity contribution in [2.75, 3.05) is 13.1 Å².